The second kappa shape index (κ2) is 8.53. The average molecular weight is 395 g/mol. The number of nitrogens with zero attached hydrogens (tertiary/aromatic N) is 5. The minimum absolute atomic E-state index is 0.118. The van der Waals surface area contributed by atoms with Gasteiger partial charge in [-0.2, -0.15) is 11.8 Å². The van der Waals surface area contributed by atoms with Crippen LogP contribution in [0.1, 0.15) is 21.5 Å². The molecule has 1 aliphatic rings. The van der Waals surface area contributed by atoms with E-state index in [1.54, 1.807) is 10.7 Å². The molecule has 0 radical (unpaired) electrons. The summed E-state index contributed by atoms with van der Waals surface area (Å²) in [6.07, 6.45) is 1.54. The number of tetrazole rings is 1. The van der Waals surface area contributed by atoms with Crippen molar-refractivity contribution in [2.24, 2.45) is 0 Å². The first kappa shape index (κ1) is 18.6. The Labute approximate surface area is 168 Å². The third-order valence-corrected chi connectivity index (χ3v) is 5.76. The van der Waals surface area contributed by atoms with Crippen LogP contribution in [0.15, 0.2) is 48.8 Å². The standard InChI is InChI=1S/C20H22N6OS/c1-15-12-16(6-7-19(15)26-14-21-23-24-26)20(27)22-18-5-3-2-4-17(18)13-25-8-10-28-11-9-25/h2-7,12,14H,8-11,13H2,1H3,(H,22,27). The van der Waals surface area contributed by atoms with Crippen LogP contribution in [-0.4, -0.2) is 55.6 Å². The number of aromatic nitrogens is 4. The molecule has 1 amide bonds. The molecule has 0 bridgehead atoms. The number of hydrogen-bond acceptors (Lipinski definition) is 6. The van der Waals surface area contributed by atoms with Crippen molar-refractivity contribution >= 4 is 23.4 Å². The lowest BCUT2D eigenvalue weighted by molar-refractivity contribution is 0.102. The van der Waals surface area contributed by atoms with E-state index >= 15 is 0 Å². The van der Waals surface area contributed by atoms with Crippen LogP contribution in [-0.2, 0) is 6.54 Å². The summed E-state index contributed by atoms with van der Waals surface area (Å²) in [6, 6.07) is 13.5. The van der Waals surface area contributed by atoms with Gasteiger partial charge in [-0.05, 0) is 52.7 Å². The Morgan fingerprint density at radius 2 is 2.00 bits per heavy atom. The highest BCUT2D eigenvalue weighted by atomic mass is 32.2. The minimum atomic E-state index is -0.118. The van der Waals surface area contributed by atoms with Crippen LogP contribution in [0.4, 0.5) is 5.69 Å². The summed E-state index contributed by atoms with van der Waals surface area (Å²) in [7, 11) is 0. The maximum atomic E-state index is 12.8. The highest BCUT2D eigenvalue weighted by Crippen LogP contribution is 2.21. The zero-order valence-corrected chi connectivity index (χ0v) is 16.5. The Hall–Kier alpha value is -2.71. The lowest BCUT2D eigenvalue weighted by Gasteiger charge is -2.27. The zero-order chi connectivity index (χ0) is 19.3. The van der Waals surface area contributed by atoms with Crippen LogP contribution >= 0.6 is 11.8 Å². The molecule has 3 aromatic rings. The zero-order valence-electron chi connectivity index (χ0n) is 15.7. The van der Waals surface area contributed by atoms with Gasteiger partial charge in [-0.15, -0.1) is 5.10 Å². The minimum Gasteiger partial charge on any atom is -0.322 e. The largest absolute Gasteiger partial charge is 0.322 e. The van der Waals surface area contributed by atoms with E-state index in [1.165, 1.54) is 17.8 Å². The summed E-state index contributed by atoms with van der Waals surface area (Å²) in [5.74, 6) is 2.22. The van der Waals surface area contributed by atoms with Crippen molar-refractivity contribution in [3.05, 3.63) is 65.5 Å². The van der Waals surface area contributed by atoms with Gasteiger partial charge in [-0.1, -0.05) is 18.2 Å². The summed E-state index contributed by atoms with van der Waals surface area (Å²) in [4.78, 5) is 15.3. The van der Waals surface area contributed by atoms with Crippen LogP contribution < -0.4 is 5.32 Å². The van der Waals surface area contributed by atoms with Crippen LogP contribution in [0, 0.1) is 6.92 Å². The second-order valence-corrected chi connectivity index (χ2v) is 7.98. The fraction of sp³-hybridized carbons (Fsp3) is 0.300. The summed E-state index contributed by atoms with van der Waals surface area (Å²) >= 11 is 2.00. The molecule has 28 heavy (non-hydrogen) atoms. The van der Waals surface area contributed by atoms with Gasteiger partial charge >= 0.3 is 0 Å². The number of nitrogens with one attached hydrogen (secondary N) is 1. The molecular formula is C20H22N6OS. The third kappa shape index (κ3) is 4.23. The number of carbonyl (C=O) groups excluding carboxylic acids is 1. The smallest absolute Gasteiger partial charge is 0.255 e. The van der Waals surface area contributed by atoms with Gasteiger partial charge < -0.3 is 5.32 Å². The molecule has 0 saturated carbocycles. The molecular weight excluding hydrogens is 372 g/mol. The van der Waals surface area contributed by atoms with Crippen molar-refractivity contribution in [3.8, 4) is 5.69 Å². The van der Waals surface area contributed by atoms with Crippen LogP contribution in [0.25, 0.3) is 5.69 Å². The number of benzene rings is 2. The van der Waals surface area contributed by atoms with Gasteiger partial charge in [0.1, 0.15) is 6.33 Å². The molecule has 1 saturated heterocycles. The Bertz CT molecular complexity index is 953. The van der Waals surface area contributed by atoms with E-state index in [1.807, 2.05) is 49.0 Å². The number of rotatable bonds is 5. The topological polar surface area (TPSA) is 75.9 Å². The van der Waals surface area contributed by atoms with Gasteiger partial charge in [0, 0.05) is 42.4 Å². The number of thioether (sulfide) groups is 1. The molecule has 1 aliphatic heterocycles. The van der Waals surface area contributed by atoms with Gasteiger partial charge in [-0.25, -0.2) is 4.68 Å². The van der Waals surface area contributed by atoms with Crippen LogP contribution in [0.3, 0.4) is 0 Å². The van der Waals surface area contributed by atoms with Crippen molar-refractivity contribution in [3.63, 3.8) is 0 Å². The van der Waals surface area contributed by atoms with Crippen molar-refractivity contribution in [1.82, 2.24) is 25.1 Å². The van der Waals surface area contributed by atoms with Crippen molar-refractivity contribution in [1.29, 1.82) is 0 Å². The van der Waals surface area contributed by atoms with Gasteiger partial charge in [-0.3, -0.25) is 9.69 Å². The molecule has 0 unspecified atom stereocenters. The predicted octanol–water partition coefficient (Wildman–Crippen LogP) is 2.77. The molecule has 144 valence electrons. The number of amides is 1. The maximum absolute atomic E-state index is 12.8. The molecule has 2 heterocycles. The first-order valence-electron chi connectivity index (χ1n) is 9.24. The van der Waals surface area contributed by atoms with Crippen molar-refractivity contribution in [2.75, 3.05) is 29.9 Å². The number of carbonyl (C=O) groups is 1. The first-order chi connectivity index (χ1) is 13.7. The Morgan fingerprint density at radius 1 is 1.18 bits per heavy atom. The quantitative estimate of drug-likeness (QED) is 0.717. The summed E-state index contributed by atoms with van der Waals surface area (Å²) in [6.45, 7) is 4.97. The normalized spacial score (nSPS) is 14.8. The number of anilines is 1. The van der Waals surface area contributed by atoms with Crippen molar-refractivity contribution in [2.45, 2.75) is 13.5 Å². The number of hydrogen-bond donors (Lipinski definition) is 1. The van der Waals surface area contributed by atoms with Crippen molar-refractivity contribution < 1.29 is 4.79 Å². The fourth-order valence-corrected chi connectivity index (χ4v) is 4.28. The Balaban J connectivity index is 1.50. The van der Waals surface area contributed by atoms with Gasteiger partial charge in [0.05, 0.1) is 5.69 Å². The van der Waals surface area contributed by atoms with E-state index in [2.05, 4.69) is 31.8 Å². The highest BCUT2D eigenvalue weighted by molar-refractivity contribution is 7.99. The molecule has 7 nitrogen and oxygen atoms in total. The molecule has 0 atom stereocenters. The molecule has 0 spiro atoms. The van der Waals surface area contributed by atoms with Gasteiger partial charge in [0.15, 0.2) is 0 Å². The fourth-order valence-electron chi connectivity index (χ4n) is 3.30. The van der Waals surface area contributed by atoms with E-state index < -0.39 is 0 Å². The third-order valence-electron chi connectivity index (χ3n) is 4.82. The van der Waals surface area contributed by atoms with Gasteiger partial charge in [0.2, 0.25) is 0 Å². The molecule has 2 aromatic carbocycles. The SMILES string of the molecule is Cc1cc(C(=O)Nc2ccccc2CN2CCSCC2)ccc1-n1cnnn1. The van der Waals surface area contributed by atoms with E-state index in [4.69, 9.17) is 0 Å². The Morgan fingerprint density at radius 3 is 2.75 bits per heavy atom. The van der Waals surface area contributed by atoms with E-state index in [-0.39, 0.29) is 5.91 Å². The van der Waals surface area contributed by atoms with E-state index in [0.29, 0.717) is 5.56 Å². The number of para-hydroxylation sites is 1. The molecule has 8 heteroatoms. The molecule has 0 aliphatic carbocycles. The lowest BCUT2D eigenvalue weighted by Crippen LogP contribution is -2.32. The van der Waals surface area contributed by atoms with E-state index in [9.17, 15) is 4.79 Å². The molecule has 1 N–H and O–H groups in total. The monoisotopic (exact) mass is 394 g/mol. The molecule has 1 aromatic heterocycles. The Kier molecular flexibility index (Phi) is 5.68. The second-order valence-electron chi connectivity index (χ2n) is 6.76. The van der Waals surface area contributed by atoms with Crippen LogP contribution in [0.2, 0.25) is 0 Å². The summed E-state index contributed by atoms with van der Waals surface area (Å²) < 4.78 is 1.59. The first-order valence-corrected chi connectivity index (χ1v) is 10.4. The summed E-state index contributed by atoms with van der Waals surface area (Å²) in [5.41, 5.74) is 4.40. The highest BCUT2D eigenvalue weighted by Gasteiger charge is 2.15. The number of aryl methyl sites for hydroxylation is 1. The lowest BCUT2D eigenvalue weighted by atomic mass is 10.1. The predicted molar refractivity (Wildman–Crippen MR) is 111 cm³/mol. The van der Waals surface area contributed by atoms with Crippen LogP contribution in [0.5, 0.6) is 0 Å². The van der Waals surface area contributed by atoms with Gasteiger partial charge in [0.25, 0.3) is 5.91 Å². The molecule has 1 fully saturated rings. The molecule has 4 rings (SSSR count). The average Bonchev–Trinajstić information content (AvgIpc) is 3.24. The maximum Gasteiger partial charge on any atom is 0.255 e. The van der Waals surface area contributed by atoms with E-state index in [0.717, 1.165) is 42.1 Å². The summed E-state index contributed by atoms with van der Waals surface area (Å²) in [5, 5.41) is 14.3.